The number of carbonyl (C=O) groups is 2. The van der Waals surface area contributed by atoms with Crippen molar-refractivity contribution < 1.29 is 9.59 Å². The Hall–Kier alpha value is -1.88. The Morgan fingerprint density at radius 1 is 1.30 bits per heavy atom. The van der Waals surface area contributed by atoms with Crippen LogP contribution >= 0.6 is 11.6 Å². The highest BCUT2D eigenvalue weighted by Gasteiger charge is 2.13. The van der Waals surface area contributed by atoms with Gasteiger partial charge in [-0.2, -0.15) is 5.10 Å². The second kappa shape index (κ2) is 8.32. The van der Waals surface area contributed by atoms with E-state index in [2.05, 4.69) is 22.8 Å². The predicted octanol–water partition coefficient (Wildman–Crippen LogP) is 2.96. The van der Waals surface area contributed by atoms with E-state index in [1.54, 1.807) is 24.3 Å². The Bertz CT molecular complexity index is 515. The topological polar surface area (TPSA) is 70.6 Å². The van der Waals surface area contributed by atoms with E-state index in [-0.39, 0.29) is 0 Å². The number of unbranched alkanes of at least 4 members (excludes halogenated alkanes) is 1. The quantitative estimate of drug-likeness (QED) is 0.498. The number of nitrogens with one attached hydrogen (secondary N) is 2. The molecule has 0 fully saturated rings. The Labute approximate surface area is 123 Å². The molecule has 0 spiro atoms. The number of hydrogen-bond acceptors (Lipinski definition) is 3. The first-order valence-electron chi connectivity index (χ1n) is 6.43. The maximum absolute atomic E-state index is 11.6. The van der Waals surface area contributed by atoms with Crippen LogP contribution in [0, 0.1) is 0 Å². The van der Waals surface area contributed by atoms with Gasteiger partial charge >= 0.3 is 11.8 Å². The molecule has 6 heteroatoms. The lowest BCUT2D eigenvalue weighted by Gasteiger charge is -2.05. The van der Waals surface area contributed by atoms with Crippen molar-refractivity contribution >= 4 is 34.8 Å². The minimum absolute atomic E-state index is 0.462. The molecule has 0 atom stereocenters. The monoisotopic (exact) mass is 295 g/mol. The minimum atomic E-state index is -0.805. The lowest BCUT2D eigenvalue weighted by atomic mass is 10.2. The molecule has 0 unspecified atom stereocenters. The van der Waals surface area contributed by atoms with Crippen molar-refractivity contribution in [2.75, 3.05) is 5.32 Å². The first-order valence-corrected chi connectivity index (χ1v) is 6.80. The van der Waals surface area contributed by atoms with Crippen LogP contribution in [0.5, 0.6) is 0 Å². The fourth-order valence-electron chi connectivity index (χ4n) is 1.44. The Balaban J connectivity index is 2.49. The molecule has 108 valence electrons. The van der Waals surface area contributed by atoms with Gasteiger partial charge in [0.05, 0.1) is 0 Å². The molecule has 0 saturated heterocycles. The van der Waals surface area contributed by atoms with Gasteiger partial charge in [-0.1, -0.05) is 31.0 Å². The second-order valence-electron chi connectivity index (χ2n) is 4.36. The molecular weight excluding hydrogens is 278 g/mol. The van der Waals surface area contributed by atoms with Gasteiger partial charge in [0.2, 0.25) is 0 Å². The molecule has 0 saturated carbocycles. The maximum atomic E-state index is 11.6. The molecule has 0 radical (unpaired) electrons. The SMILES string of the molecule is CCCCC(C)=NNC(=O)C(=O)Nc1cccc(Cl)c1. The normalized spacial score (nSPS) is 11.1. The van der Waals surface area contributed by atoms with E-state index in [0.717, 1.165) is 25.0 Å². The third-order valence-corrected chi connectivity index (χ3v) is 2.76. The predicted molar refractivity (Wildman–Crippen MR) is 80.9 cm³/mol. The summed E-state index contributed by atoms with van der Waals surface area (Å²) in [5, 5.41) is 6.80. The molecule has 0 aliphatic rings. The third-order valence-electron chi connectivity index (χ3n) is 2.53. The zero-order valence-corrected chi connectivity index (χ0v) is 12.3. The highest BCUT2D eigenvalue weighted by Crippen LogP contribution is 2.14. The van der Waals surface area contributed by atoms with Gasteiger partial charge in [0, 0.05) is 16.4 Å². The van der Waals surface area contributed by atoms with E-state index >= 15 is 0 Å². The summed E-state index contributed by atoms with van der Waals surface area (Å²) in [4.78, 5) is 23.2. The van der Waals surface area contributed by atoms with Crippen LogP contribution in [0.1, 0.15) is 33.1 Å². The molecule has 0 aromatic heterocycles. The van der Waals surface area contributed by atoms with Crippen LogP contribution < -0.4 is 10.7 Å². The fraction of sp³-hybridized carbons (Fsp3) is 0.357. The van der Waals surface area contributed by atoms with E-state index in [4.69, 9.17) is 11.6 Å². The third kappa shape index (κ3) is 5.84. The number of carbonyl (C=O) groups excluding carboxylic acids is 2. The molecule has 2 N–H and O–H groups in total. The van der Waals surface area contributed by atoms with E-state index in [1.807, 2.05) is 6.92 Å². The molecule has 0 aliphatic heterocycles. The smallest absolute Gasteiger partial charge is 0.318 e. The van der Waals surface area contributed by atoms with Gasteiger partial charge in [0.1, 0.15) is 0 Å². The maximum Gasteiger partial charge on any atom is 0.329 e. The summed E-state index contributed by atoms with van der Waals surface area (Å²) >= 11 is 5.79. The summed E-state index contributed by atoms with van der Waals surface area (Å²) in [6.07, 6.45) is 2.85. The largest absolute Gasteiger partial charge is 0.329 e. The molecule has 0 heterocycles. The standard InChI is InChI=1S/C14H18ClN3O2/c1-3-4-6-10(2)17-18-14(20)13(19)16-12-8-5-7-11(15)9-12/h5,7-9H,3-4,6H2,1-2H3,(H,16,19)(H,18,20). The lowest BCUT2D eigenvalue weighted by molar-refractivity contribution is -0.136. The van der Waals surface area contributed by atoms with Gasteiger partial charge in [-0.3, -0.25) is 9.59 Å². The van der Waals surface area contributed by atoms with Crippen LogP contribution in [0.25, 0.3) is 0 Å². The number of nitrogens with zero attached hydrogens (tertiary/aromatic N) is 1. The van der Waals surface area contributed by atoms with Crippen LogP contribution in [0.4, 0.5) is 5.69 Å². The Morgan fingerprint density at radius 2 is 2.05 bits per heavy atom. The van der Waals surface area contributed by atoms with Crippen LogP contribution in [0.3, 0.4) is 0 Å². The molecule has 20 heavy (non-hydrogen) atoms. The molecule has 1 rings (SSSR count). The van der Waals surface area contributed by atoms with Crippen molar-refractivity contribution in [1.29, 1.82) is 0 Å². The first-order chi connectivity index (χ1) is 9.52. The van der Waals surface area contributed by atoms with Crippen molar-refractivity contribution in [3.63, 3.8) is 0 Å². The van der Waals surface area contributed by atoms with Crippen molar-refractivity contribution in [3.05, 3.63) is 29.3 Å². The number of rotatable bonds is 5. The van der Waals surface area contributed by atoms with Gasteiger partial charge in [0.15, 0.2) is 0 Å². The van der Waals surface area contributed by atoms with Crippen LogP contribution in [0.2, 0.25) is 5.02 Å². The van der Waals surface area contributed by atoms with Gasteiger partial charge < -0.3 is 5.32 Å². The number of halogens is 1. The van der Waals surface area contributed by atoms with Crippen molar-refractivity contribution in [1.82, 2.24) is 5.43 Å². The summed E-state index contributed by atoms with van der Waals surface area (Å²) in [7, 11) is 0. The lowest BCUT2D eigenvalue weighted by Crippen LogP contribution is -2.32. The van der Waals surface area contributed by atoms with Crippen molar-refractivity contribution in [3.8, 4) is 0 Å². The van der Waals surface area contributed by atoms with E-state index in [9.17, 15) is 9.59 Å². The molecule has 2 amide bonds. The van der Waals surface area contributed by atoms with Crippen molar-refractivity contribution in [2.45, 2.75) is 33.1 Å². The zero-order chi connectivity index (χ0) is 15.0. The zero-order valence-electron chi connectivity index (χ0n) is 11.6. The van der Waals surface area contributed by atoms with E-state index in [1.165, 1.54) is 0 Å². The van der Waals surface area contributed by atoms with Gasteiger partial charge in [0.25, 0.3) is 0 Å². The van der Waals surface area contributed by atoms with E-state index < -0.39 is 11.8 Å². The Morgan fingerprint density at radius 3 is 2.70 bits per heavy atom. The molecule has 0 aliphatic carbocycles. The van der Waals surface area contributed by atoms with Gasteiger partial charge in [-0.05, 0) is 38.0 Å². The second-order valence-corrected chi connectivity index (χ2v) is 4.79. The van der Waals surface area contributed by atoms with Crippen LogP contribution in [-0.4, -0.2) is 17.5 Å². The molecule has 1 aromatic rings. The average Bonchev–Trinajstić information content (AvgIpc) is 2.42. The van der Waals surface area contributed by atoms with E-state index in [0.29, 0.717) is 10.7 Å². The molecule has 1 aromatic carbocycles. The van der Waals surface area contributed by atoms with Gasteiger partial charge in [-0.25, -0.2) is 5.43 Å². The number of hydrazone groups is 1. The summed E-state index contributed by atoms with van der Waals surface area (Å²) in [5.74, 6) is -1.58. The van der Waals surface area contributed by atoms with Crippen molar-refractivity contribution in [2.24, 2.45) is 5.10 Å². The fourth-order valence-corrected chi connectivity index (χ4v) is 1.63. The first kappa shape index (κ1) is 16.2. The minimum Gasteiger partial charge on any atom is -0.318 e. The molecular formula is C14H18ClN3O2. The summed E-state index contributed by atoms with van der Waals surface area (Å²) in [6, 6.07) is 6.57. The summed E-state index contributed by atoms with van der Waals surface area (Å²) in [5.41, 5.74) is 3.48. The summed E-state index contributed by atoms with van der Waals surface area (Å²) < 4.78 is 0. The highest BCUT2D eigenvalue weighted by molar-refractivity contribution is 6.39. The van der Waals surface area contributed by atoms with Crippen LogP contribution in [0.15, 0.2) is 29.4 Å². The Kier molecular flexibility index (Phi) is 6.73. The van der Waals surface area contributed by atoms with Gasteiger partial charge in [-0.15, -0.1) is 0 Å². The number of amides is 2. The number of benzene rings is 1. The number of anilines is 1. The molecule has 5 nitrogen and oxygen atoms in total. The number of hydrogen-bond donors (Lipinski definition) is 2. The highest BCUT2D eigenvalue weighted by atomic mass is 35.5. The average molecular weight is 296 g/mol. The molecule has 0 bridgehead atoms. The summed E-state index contributed by atoms with van der Waals surface area (Å²) in [6.45, 7) is 3.88. The van der Waals surface area contributed by atoms with Crippen LogP contribution in [-0.2, 0) is 9.59 Å².